The highest BCUT2D eigenvalue weighted by Crippen LogP contribution is 2.34. The number of carbonyl (C=O) groups excluding carboxylic acids is 2. The molecule has 0 unspecified atom stereocenters. The molecule has 0 radical (unpaired) electrons. The molecule has 2 rings (SSSR count). The van der Waals surface area contributed by atoms with E-state index in [2.05, 4.69) is 15.7 Å². The van der Waals surface area contributed by atoms with Crippen molar-refractivity contribution in [3.05, 3.63) is 30.3 Å². The molecule has 8 heteroatoms. The van der Waals surface area contributed by atoms with Crippen LogP contribution in [0.5, 0.6) is 5.88 Å². The number of nitrogens with two attached hydrogens (primary N) is 1. The predicted molar refractivity (Wildman–Crippen MR) is 77.6 cm³/mol. The van der Waals surface area contributed by atoms with Crippen molar-refractivity contribution in [3.63, 3.8) is 0 Å². The van der Waals surface area contributed by atoms with Crippen molar-refractivity contribution in [2.75, 3.05) is 17.2 Å². The second-order valence-electron chi connectivity index (χ2n) is 3.96. The third-order valence-corrected chi connectivity index (χ3v) is 2.58. The standard InChI is InChI=1S/C13H15N5O3/c1-2-21-12-10(15-8-19)11(16-13(14)20)18(17-12)9-6-4-3-5-7-9/h3-8H,2H2,1H3,(H,15,19)(H3,14,16,20). The first-order chi connectivity index (χ1) is 10.2. The van der Waals surface area contributed by atoms with Crippen LogP contribution in [-0.4, -0.2) is 28.8 Å². The van der Waals surface area contributed by atoms with Crippen molar-refractivity contribution in [1.82, 2.24) is 9.78 Å². The molecule has 0 spiro atoms. The molecule has 4 N–H and O–H groups in total. The fourth-order valence-corrected chi connectivity index (χ4v) is 1.81. The van der Waals surface area contributed by atoms with E-state index in [-0.39, 0.29) is 17.4 Å². The van der Waals surface area contributed by atoms with Gasteiger partial charge in [-0.3, -0.25) is 10.1 Å². The van der Waals surface area contributed by atoms with E-state index in [0.29, 0.717) is 18.7 Å². The van der Waals surface area contributed by atoms with Gasteiger partial charge < -0.3 is 15.8 Å². The molecular formula is C13H15N5O3. The zero-order valence-electron chi connectivity index (χ0n) is 11.4. The number of nitrogens with one attached hydrogen (secondary N) is 2. The fourth-order valence-electron chi connectivity index (χ4n) is 1.81. The molecule has 0 fully saturated rings. The molecular weight excluding hydrogens is 274 g/mol. The van der Waals surface area contributed by atoms with Crippen LogP contribution >= 0.6 is 0 Å². The van der Waals surface area contributed by atoms with Crippen LogP contribution in [0.25, 0.3) is 5.69 Å². The average molecular weight is 289 g/mol. The number of benzene rings is 1. The van der Waals surface area contributed by atoms with Gasteiger partial charge in [0.15, 0.2) is 5.82 Å². The fraction of sp³-hybridized carbons (Fsp3) is 0.154. The van der Waals surface area contributed by atoms with Crippen LogP contribution in [0, 0.1) is 0 Å². The summed E-state index contributed by atoms with van der Waals surface area (Å²) in [6, 6.07) is 8.29. The number of urea groups is 1. The molecule has 0 bridgehead atoms. The van der Waals surface area contributed by atoms with Gasteiger partial charge in [-0.1, -0.05) is 18.2 Å². The Morgan fingerprint density at radius 1 is 1.43 bits per heavy atom. The molecule has 1 aromatic carbocycles. The Hall–Kier alpha value is -3.03. The molecule has 1 aromatic heterocycles. The third kappa shape index (κ3) is 3.11. The normalized spacial score (nSPS) is 9.95. The summed E-state index contributed by atoms with van der Waals surface area (Å²) < 4.78 is 6.80. The number of para-hydroxylation sites is 1. The number of rotatable bonds is 6. The van der Waals surface area contributed by atoms with Crippen molar-refractivity contribution in [2.24, 2.45) is 5.73 Å². The Kier molecular flexibility index (Phi) is 4.39. The number of carbonyl (C=O) groups is 2. The Morgan fingerprint density at radius 2 is 2.14 bits per heavy atom. The van der Waals surface area contributed by atoms with Crippen LogP contribution < -0.4 is 21.1 Å². The quantitative estimate of drug-likeness (QED) is 0.696. The first-order valence-corrected chi connectivity index (χ1v) is 6.25. The van der Waals surface area contributed by atoms with E-state index in [4.69, 9.17) is 10.5 Å². The number of hydrogen-bond donors (Lipinski definition) is 3. The molecule has 21 heavy (non-hydrogen) atoms. The number of nitrogens with zero attached hydrogens (tertiary/aromatic N) is 2. The first kappa shape index (κ1) is 14.4. The largest absolute Gasteiger partial charge is 0.475 e. The number of primary amides is 1. The highest BCUT2D eigenvalue weighted by atomic mass is 16.5. The Morgan fingerprint density at radius 3 is 2.71 bits per heavy atom. The van der Waals surface area contributed by atoms with Crippen molar-refractivity contribution >= 4 is 23.9 Å². The molecule has 0 saturated carbocycles. The predicted octanol–water partition coefficient (Wildman–Crippen LogP) is 1.33. The molecule has 1 heterocycles. The van der Waals surface area contributed by atoms with Crippen LogP contribution in [0.15, 0.2) is 30.3 Å². The van der Waals surface area contributed by atoms with E-state index in [9.17, 15) is 9.59 Å². The van der Waals surface area contributed by atoms with Gasteiger partial charge in [-0.15, -0.1) is 5.10 Å². The summed E-state index contributed by atoms with van der Waals surface area (Å²) in [5, 5.41) is 9.15. The van der Waals surface area contributed by atoms with Gasteiger partial charge in [0.05, 0.1) is 12.3 Å². The van der Waals surface area contributed by atoms with E-state index in [0.717, 1.165) is 0 Å². The van der Waals surface area contributed by atoms with Gasteiger partial charge in [0.2, 0.25) is 6.41 Å². The van der Waals surface area contributed by atoms with Gasteiger partial charge in [-0.2, -0.15) is 0 Å². The molecule has 0 aliphatic rings. The Balaban J connectivity index is 2.59. The van der Waals surface area contributed by atoms with Crippen molar-refractivity contribution in [3.8, 4) is 11.6 Å². The number of amides is 3. The topological polar surface area (TPSA) is 111 Å². The Labute approximate surface area is 120 Å². The summed E-state index contributed by atoms with van der Waals surface area (Å²) in [6.07, 6.45) is 0.473. The lowest BCUT2D eigenvalue weighted by Gasteiger charge is -2.08. The lowest BCUT2D eigenvalue weighted by Crippen LogP contribution is -2.22. The summed E-state index contributed by atoms with van der Waals surface area (Å²) in [5.74, 6) is 0.418. The van der Waals surface area contributed by atoms with Crippen LogP contribution in [0.3, 0.4) is 0 Å². The molecule has 0 atom stereocenters. The van der Waals surface area contributed by atoms with Crippen molar-refractivity contribution < 1.29 is 14.3 Å². The molecule has 0 saturated heterocycles. The highest BCUT2D eigenvalue weighted by molar-refractivity contribution is 5.94. The zero-order valence-corrected chi connectivity index (χ0v) is 11.4. The van der Waals surface area contributed by atoms with Gasteiger partial charge in [0.25, 0.3) is 5.88 Å². The minimum absolute atomic E-state index is 0.192. The molecule has 110 valence electrons. The van der Waals surface area contributed by atoms with Gasteiger partial charge >= 0.3 is 6.03 Å². The van der Waals surface area contributed by atoms with Crippen LogP contribution in [0.2, 0.25) is 0 Å². The number of aromatic nitrogens is 2. The van der Waals surface area contributed by atoms with Gasteiger partial charge in [0.1, 0.15) is 5.69 Å². The minimum Gasteiger partial charge on any atom is -0.475 e. The maximum absolute atomic E-state index is 11.2. The molecule has 3 amide bonds. The van der Waals surface area contributed by atoms with Crippen LogP contribution in [0.1, 0.15) is 6.92 Å². The SMILES string of the molecule is CCOc1nn(-c2ccccc2)c(NC(N)=O)c1NC=O. The summed E-state index contributed by atoms with van der Waals surface area (Å²) in [5.41, 5.74) is 6.10. The summed E-state index contributed by atoms with van der Waals surface area (Å²) >= 11 is 0. The lowest BCUT2D eigenvalue weighted by molar-refractivity contribution is -0.105. The molecule has 0 aliphatic carbocycles. The number of ether oxygens (including phenoxy) is 1. The van der Waals surface area contributed by atoms with Gasteiger partial charge in [-0.05, 0) is 19.1 Å². The van der Waals surface area contributed by atoms with Crippen molar-refractivity contribution in [1.29, 1.82) is 0 Å². The summed E-state index contributed by atoms with van der Waals surface area (Å²) in [7, 11) is 0. The number of anilines is 2. The minimum atomic E-state index is -0.774. The number of hydrogen-bond acceptors (Lipinski definition) is 4. The molecule has 8 nitrogen and oxygen atoms in total. The summed E-state index contributed by atoms with van der Waals surface area (Å²) in [6.45, 7) is 2.14. The molecule has 2 aromatic rings. The van der Waals surface area contributed by atoms with Crippen molar-refractivity contribution in [2.45, 2.75) is 6.92 Å². The van der Waals surface area contributed by atoms with E-state index < -0.39 is 6.03 Å². The van der Waals surface area contributed by atoms with Crippen LogP contribution in [-0.2, 0) is 4.79 Å². The van der Waals surface area contributed by atoms with E-state index in [1.165, 1.54) is 4.68 Å². The average Bonchev–Trinajstić information content (AvgIpc) is 2.79. The Bertz CT molecular complexity index is 639. The second kappa shape index (κ2) is 6.42. The third-order valence-electron chi connectivity index (χ3n) is 2.58. The summed E-state index contributed by atoms with van der Waals surface area (Å²) in [4.78, 5) is 22.0. The van der Waals surface area contributed by atoms with E-state index >= 15 is 0 Å². The smallest absolute Gasteiger partial charge is 0.317 e. The maximum Gasteiger partial charge on any atom is 0.317 e. The maximum atomic E-state index is 11.2. The lowest BCUT2D eigenvalue weighted by atomic mass is 10.3. The first-order valence-electron chi connectivity index (χ1n) is 6.25. The van der Waals surface area contributed by atoms with Gasteiger partial charge in [-0.25, -0.2) is 9.48 Å². The van der Waals surface area contributed by atoms with E-state index in [1.54, 1.807) is 19.1 Å². The second-order valence-corrected chi connectivity index (χ2v) is 3.96. The monoisotopic (exact) mass is 289 g/mol. The van der Waals surface area contributed by atoms with Gasteiger partial charge in [0, 0.05) is 0 Å². The van der Waals surface area contributed by atoms with E-state index in [1.807, 2.05) is 18.2 Å². The highest BCUT2D eigenvalue weighted by Gasteiger charge is 2.21. The van der Waals surface area contributed by atoms with Crippen LogP contribution in [0.4, 0.5) is 16.3 Å². The molecule has 0 aliphatic heterocycles. The zero-order chi connectivity index (χ0) is 15.2.